The molecule has 0 radical (unpaired) electrons. The first-order chi connectivity index (χ1) is 16.0. The number of aromatic nitrogens is 4. The fraction of sp³-hybridized carbons (Fsp3) is 0.917. The van der Waals surface area contributed by atoms with E-state index in [2.05, 4.69) is 42.1 Å². The lowest BCUT2D eigenvalue weighted by Crippen LogP contribution is -2.41. The standard InChI is InChI=1S/C24H47BN4O5Si/c1-12-13-18(21(30)32-22(2,3)4)19(16-25-33-23(5,6)24(7,8)34-25)20-26-27-28-29(20)17-31-14-15-35(9,10)11/h18-19H,12-17H2,1-11H3/t18?,19-/m0/s1. The highest BCUT2D eigenvalue weighted by atomic mass is 28.3. The van der Waals surface area contributed by atoms with Crippen LogP contribution in [-0.2, 0) is 30.3 Å². The second-order valence-corrected chi connectivity index (χ2v) is 18.5. The first-order valence-corrected chi connectivity index (χ1v) is 16.6. The number of hydrogen-bond acceptors (Lipinski definition) is 8. The van der Waals surface area contributed by atoms with E-state index in [1.165, 1.54) is 0 Å². The van der Waals surface area contributed by atoms with Crippen LogP contribution in [0.4, 0.5) is 0 Å². The Kier molecular flexibility index (Phi) is 9.75. The summed E-state index contributed by atoms with van der Waals surface area (Å²) in [5.41, 5.74) is -1.54. The van der Waals surface area contributed by atoms with Crippen molar-refractivity contribution in [3.05, 3.63) is 5.82 Å². The van der Waals surface area contributed by atoms with Crippen LogP contribution in [0.3, 0.4) is 0 Å². The number of ether oxygens (including phenoxy) is 2. The first kappa shape index (κ1) is 29.9. The van der Waals surface area contributed by atoms with Crippen LogP contribution in [0.1, 0.15) is 80.0 Å². The fourth-order valence-electron chi connectivity index (χ4n) is 3.99. The lowest BCUT2D eigenvalue weighted by Gasteiger charge is -2.32. The largest absolute Gasteiger partial charge is 0.460 e. The molecule has 1 unspecified atom stereocenters. The lowest BCUT2D eigenvalue weighted by molar-refractivity contribution is -0.161. The van der Waals surface area contributed by atoms with Gasteiger partial charge in [0.1, 0.15) is 12.3 Å². The normalized spacial score (nSPS) is 19.6. The number of esters is 1. The van der Waals surface area contributed by atoms with Crippen LogP contribution in [0.15, 0.2) is 0 Å². The third-order valence-corrected chi connectivity index (χ3v) is 8.35. The van der Waals surface area contributed by atoms with E-state index in [1.54, 1.807) is 4.68 Å². The first-order valence-electron chi connectivity index (χ1n) is 12.9. The summed E-state index contributed by atoms with van der Waals surface area (Å²) >= 11 is 0. The highest BCUT2D eigenvalue weighted by Gasteiger charge is 2.53. The molecule has 9 nitrogen and oxygen atoms in total. The molecule has 2 atom stereocenters. The average Bonchev–Trinajstić information content (AvgIpc) is 3.20. The summed E-state index contributed by atoms with van der Waals surface area (Å²) in [4.78, 5) is 13.4. The maximum atomic E-state index is 13.4. The van der Waals surface area contributed by atoms with Gasteiger partial charge in [-0.1, -0.05) is 33.0 Å². The number of rotatable bonds is 12. The van der Waals surface area contributed by atoms with Crippen molar-refractivity contribution in [1.82, 2.24) is 20.2 Å². The second kappa shape index (κ2) is 11.4. The van der Waals surface area contributed by atoms with Crippen LogP contribution in [0.2, 0.25) is 32.0 Å². The van der Waals surface area contributed by atoms with Crippen LogP contribution in [0.25, 0.3) is 0 Å². The second-order valence-electron chi connectivity index (χ2n) is 12.8. The van der Waals surface area contributed by atoms with E-state index in [0.29, 0.717) is 25.2 Å². The molecule has 200 valence electrons. The van der Waals surface area contributed by atoms with Gasteiger partial charge in [0, 0.05) is 20.6 Å². The molecular weight excluding hydrogens is 463 g/mol. The molecule has 11 heteroatoms. The Morgan fingerprint density at radius 1 is 1.14 bits per heavy atom. The zero-order valence-electron chi connectivity index (χ0n) is 23.8. The molecule has 0 spiro atoms. The molecule has 35 heavy (non-hydrogen) atoms. The van der Waals surface area contributed by atoms with Gasteiger partial charge in [0.15, 0.2) is 5.82 Å². The molecule has 0 amide bonds. The maximum absolute atomic E-state index is 13.4. The van der Waals surface area contributed by atoms with E-state index in [1.807, 2.05) is 48.5 Å². The van der Waals surface area contributed by atoms with Gasteiger partial charge in [0.05, 0.1) is 17.1 Å². The lowest BCUT2D eigenvalue weighted by atomic mass is 9.71. The molecule has 0 aromatic carbocycles. The molecule has 1 saturated heterocycles. The number of hydrogen-bond donors (Lipinski definition) is 0. The van der Waals surface area contributed by atoms with Crippen LogP contribution in [0.5, 0.6) is 0 Å². The van der Waals surface area contributed by atoms with Crippen LogP contribution < -0.4 is 0 Å². The van der Waals surface area contributed by atoms with Gasteiger partial charge in [-0.3, -0.25) is 4.79 Å². The molecule has 1 aromatic rings. The van der Waals surface area contributed by atoms with Crippen LogP contribution in [0, 0.1) is 5.92 Å². The van der Waals surface area contributed by atoms with Crippen molar-refractivity contribution in [1.29, 1.82) is 0 Å². The Morgan fingerprint density at radius 3 is 2.26 bits per heavy atom. The van der Waals surface area contributed by atoms with Gasteiger partial charge < -0.3 is 18.8 Å². The van der Waals surface area contributed by atoms with Crippen LogP contribution >= 0.6 is 0 Å². The van der Waals surface area contributed by atoms with Crippen molar-refractivity contribution in [3.8, 4) is 0 Å². The Morgan fingerprint density at radius 2 is 1.74 bits per heavy atom. The van der Waals surface area contributed by atoms with Crippen molar-refractivity contribution in [2.75, 3.05) is 6.61 Å². The van der Waals surface area contributed by atoms with E-state index < -0.39 is 37.9 Å². The summed E-state index contributed by atoms with van der Waals surface area (Å²) in [6.45, 7) is 23.6. The molecule has 1 fully saturated rings. The van der Waals surface area contributed by atoms with E-state index in [-0.39, 0.29) is 18.6 Å². The van der Waals surface area contributed by atoms with Gasteiger partial charge in [0.25, 0.3) is 0 Å². The molecule has 0 saturated carbocycles. The molecule has 1 aliphatic rings. The summed E-state index contributed by atoms with van der Waals surface area (Å²) in [6, 6.07) is 1.05. The summed E-state index contributed by atoms with van der Waals surface area (Å²) < 4.78 is 26.0. The highest BCUT2D eigenvalue weighted by Crippen LogP contribution is 2.42. The summed E-state index contributed by atoms with van der Waals surface area (Å²) in [7, 11) is -1.71. The van der Waals surface area contributed by atoms with Crippen molar-refractivity contribution in [3.63, 3.8) is 0 Å². The predicted octanol–water partition coefficient (Wildman–Crippen LogP) is 4.92. The minimum atomic E-state index is -1.21. The highest BCUT2D eigenvalue weighted by molar-refractivity contribution is 6.76. The monoisotopic (exact) mass is 510 g/mol. The van der Waals surface area contributed by atoms with Gasteiger partial charge in [-0.05, 0) is 77.7 Å². The number of carbonyl (C=O) groups excluding carboxylic acids is 1. The summed E-state index contributed by atoms with van der Waals surface area (Å²) in [5.74, 6) is -0.452. The topological polar surface area (TPSA) is 97.6 Å². The van der Waals surface area contributed by atoms with E-state index in [9.17, 15) is 4.79 Å². The molecule has 0 N–H and O–H groups in total. The minimum absolute atomic E-state index is 0.236. The smallest absolute Gasteiger partial charge is 0.458 e. The third kappa shape index (κ3) is 8.65. The SMILES string of the molecule is CCCC(C(=O)OC(C)(C)C)[C@H](CB1OC(C)(C)C(C)(C)O1)c1nnnn1COCC[Si](C)(C)C. The van der Waals surface area contributed by atoms with Gasteiger partial charge in [0.2, 0.25) is 0 Å². The molecule has 1 aromatic heterocycles. The third-order valence-electron chi connectivity index (χ3n) is 6.64. The molecule has 0 aliphatic carbocycles. The molecule has 1 aliphatic heterocycles. The van der Waals surface area contributed by atoms with Crippen molar-refractivity contribution < 1.29 is 23.6 Å². The summed E-state index contributed by atoms with van der Waals surface area (Å²) in [6.07, 6.45) is 1.90. The molecular formula is C24H47BN4O5Si. The summed E-state index contributed by atoms with van der Waals surface area (Å²) in [5, 5.41) is 12.5. The molecule has 2 rings (SSSR count). The Labute approximate surface area is 213 Å². The van der Waals surface area contributed by atoms with E-state index >= 15 is 0 Å². The van der Waals surface area contributed by atoms with Crippen molar-refractivity contribution in [2.24, 2.45) is 5.92 Å². The maximum Gasteiger partial charge on any atom is 0.458 e. The van der Waals surface area contributed by atoms with Gasteiger partial charge in [-0.2, -0.15) is 0 Å². The Bertz CT molecular complexity index is 819. The van der Waals surface area contributed by atoms with Gasteiger partial charge >= 0.3 is 13.1 Å². The quantitative estimate of drug-likeness (QED) is 0.222. The Balaban J connectivity index is 2.33. The minimum Gasteiger partial charge on any atom is -0.460 e. The van der Waals surface area contributed by atoms with E-state index in [0.717, 1.165) is 12.5 Å². The average molecular weight is 511 g/mol. The number of nitrogens with zero attached hydrogens (tertiary/aromatic N) is 4. The number of tetrazole rings is 1. The van der Waals surface area contributed by atoms with Crippen molar-refractivity contribution in [2.45, 2.75) is 130 Å². The fourth-order valence-corrected chi connectivity index (χ4v) is 4.75. The van der Waals surface area contributed by atoms with E-state index in [4.69, 9.17) is 18.8 Å². The van der Waals surface area contributed by atoms with Gasteiger partial charge in [-0.15, -0.1) is 5.10 Å². The molecule has 0 bridgehead atoms. The predicted molar refractivity (Wildman–Crippen MR) is 140 cm³/mol. The Hall–Kier alpha value is -1.30. The van der Waals surface area contributed by atoms with Crippen LogP contribution in [-0.4, -0.2) is 64.8 Å². The zero-order valence-corrected chi connectivity index (χ0v) is 24.8. The molecule has 2 heterocycles. The number of carbonyl (C=O) groups is 1. The van der Waals surface area contributed by atoms with Gasteiger partial charge in [-0.25, -0.2) is 4.68 Å². The zero-order chi connectivity index (χ0) is 26.7. The van der Waals surface area contributed by atoms with Crippen molar-refractivity contribution >= 4 is 21.2 Å².